The third-order valence-electron chi connectivity index (χ3n) is 1.96. The zero-order valence-electron chi connectivity index (χ0n) is 11.1. The normalized spacial score (nSPS) is 10.9. The average molecular weight is 250 g/mol. The molecule has 0 saturated heterocycles. The maximum absolute atomic E-state index is 11.5. The fraction of sp³-hybridized carbons (Fsp3) is 0.429. The van der Waals surface area contributed by atoms with Crippen LogP contribution in [0.15, 0.2) is 24.3 Å². The predicted molar refractivity (Wildman–Crippen MR) is 67.3 cm³/mol. The number of carbonyl (C=O) groups is 2. The van der Waals surface area contributed by atoms with Gasteiger partial charge in [0.05, 0.1) is 0 Å². The minimum absolute atomic E-state index is 0.384. The number of esters is 2. The number of hydrogen-bond acceptors (Lipinski definition) is 4. The molecule has 0 aliphatic rings. The van der Waals surface area contributed by atoms with E-state index in [1.807, 2.05) is 19.1 Å². The van der Waals surface area contributed by atoms with Crippen molar-refractivity contribution in [2.75, 3.05) is 0 Å². The van der Waals surface area contributed by atoms with Crippen molar-refractivity contribution in [3.05, 3.63) is 29.8 Å². The van der Waals surface area contributed by atoms with E-state index in [0.29, 0.717) is 5.75 Å². The molecule has 98 valence electrons. The van der Waals surface area contributed by atoms with E-state index >= 15 is 0 Å². The van der Waals surface area contributed by atoms with Gasteiger partial charge in [0.1, 0.15) is 17.8 Å². The number of hydrogen-bond donors (Lipinski definition) is 0. The minimum atomic E-state index is -0.617. The Bertz CT molecular complexity index is 426. The molecule has 0 radical (unpaired) electrons. The molecular formula is C14H18O4. The first kappa shape index (κ1) is 14.2. The van der Waals surface area contributed by atoms with Gasteiger partial charge in [0, 0.05) is 0 Å². The number of ether oxygens (including phenoxy) is 2. The van der Waals surface area contributed by atoms with E-state index in [-0.39, 0.29) is 6.42 Å². The molecule has 1 aromatic rings. The second-order valence-corrected chi connectivity index (χ2v) is 5.05. The van der Waals surface area contributed by atoms with Crippen LogP contribution in [0.2, 0.25) is 0 Å². The van der Waals surface area contributed by atoms with Crippen LogP contribution in [0, 0.1) is 6.92 Å². The molecule has 0 amide bonds. The first-order chi connectivity index (χ1) is 8.26. The molecule has 0 aliphatic carbocycles. The summed E-state index contributed by atoms with van der Waals surface area (Å²) in [5, 5.41) is 0. The Labute approximate surface area is 107 Å². The molecule has 0 atom stereocenters. The van der Waals surface area contributed by atoms with Gasteiger partial charge in [0.15, 0.2) is 0 Å². The summed E-state index contributed by atoms with van der Waals surface area (Å²) in [6.45, 7) is 7.18. The molecule has 0 aromatic heterocycles. The van der Waals surface area contributed by atoms with E-state index in [2.05, 4.69) is 0 Å². The fourth-order valence-electron chi connectivity index (χ4n) is 1.27. The molecule has 0 saturated carbocycles. The number of aryl methyl sites for hydroxylation is 1. The molecule has 0 spiro atoms. The van der Waals surface area contributed by atoms with Crippen molar-refractivity contribution in [1.29, 1.82) is 0 Å². The molecule has 1 aromatic carbocycles. The quantitative estimate of drug-likeness (QED) is 0.470. The highest BCUT2D eigenvalue weighted by Crippen LogP contribution is 2.13. The van der Waals surface area contributed by atoms with Crippen LogP contribution < -0.4 is 4.74 Å². The van der Waals surface area contributed by atoms with E-state index in [1.54, 1.807) is 32.9 Å². The number of benzene rings is 1. The molecule has 1 rings (SSSR count). The molecule has 0 aliphatic heterocycles. The summed E-state index contributed by atoms with van der Waals surface area (Å²) in [6, 6.07) is 7.02. The van der Waals surface area contributed by atoms with Crippen molar-refractivity contribution in [3.8, 4) is 5.75 Å². The van der Waals surface area contributed by atoms with Crippen LogP contribution >= 0.6 is 0 Å². The second kappa shape index (κ2) is 5.67. The molecule has 4 heteroatoms. The van der Waals surface area contributed by atoms with Crippen LogP contribution in [0.5, 0.6) is 5.75 Å². The summed E-state index contributed by atoms with van der Waals surface area (Å²) >= 11 is 0. The van der Waals surface area contributed by atoms with E-state index in [0.717, 1.165) is 5.56 Å². The van der Waals surface area contributed by atoms with Gasteiger partial charge in [-0.1, -0.05) is 17.7 Å². The van der Waals surface area contributed by atoms with Crippen molar-refractivity contribution in [1.82, 2.24) is 0 Å². The van der Waals surface area contributed by atoms with Gasteiger partial charge in [0.2, 0.25) is 0 Å². The van der Waals surface area contributed by atoms with Crippen LogP contribution in [0.3, 0.4) is 0 Å². The lowest BCUT2D eigenvalue weighted by atomic mass is 10.2. The van der Waals surface area contributed by atoms with Crippen molar-refractivity contribution in [3.63, 3.8) is 0 Å². The number of rotatable bonds is 3. The largest absolute Gasteiger partial charge is 0.460 e. The molecule has 18 heavy (non-hydrogen) atoms. The van der Waals surface area contributed by atoms with Crippen LogP contribution in [-0.4, -0.2) is 17.5 Å². The van der Waals surface area contributed by atoms with E-state index in [9.17, 15) is 9.59 Å². The van der Waals surface area contributed by atoms with Crippen molar-refractivity contribution in [2.24, 2.45) is 0 Å². The standard InChI is InChI=1S/C14H18O4/c1-10-5-7-11(8-6-10)17-12(15)9-13(16)18-14(2,3)4/h5-8H,9H2,1-4H3. The SMILES string of the molecule is Cc1ccc(OC(=O)CC(=O)OC(C)(C)C)cc1. The molecule has 0 bridgehead atoms. The van der Waals surface area contributed by atoms with Crippen molar-refractivity contribution in [2.45, 2.75) is 39.7 Å². The van der Waals surface area contributed by atoms with Crippen LogP contribution in [0.1, 0.15) is 32.8 Å². The zero-order chi connectivity index (χ0) is 13.8. The van der Waals surface area contributed by atoms with Crippen molar-refractivity contribution >= 4 is 11.9 Å². The highest BCUT2D eigenvalue weighted by molar-refractivity contribution is 5.92. The van der Waals surface area contributed by atoms with Crippen molar-refractivity contribution < 1.29 is 19.1 Å². The Balaban J connectivity index is 2.47. The first-order valence-electron chi connectivity index (χ1n) is 5.75. The Morgan fingerprint density at radius 1 is 1.06 bits per heavy atom. The molecule has 0 heterocycles. The van der Waals surface area contributed by atoms with Crippen LogP contribution in [0.25, 0.3) is 0 Å². The third-order valence-corrected chi connectivity index (χ3v) is 1.96. The van der Waals surface area contributed by atoms with Crippen LogP contribution in [-0.2, 0) is 14.3 Å². The van der Waals surface area contributed by atoms with Gasteiger partial charge in [-0.05, 0) is 39.8 Å². The summed E-state index contributed by atoms with van der Waals surface area (Å²) in [5.74, 6) is -0.776. The molecule has 0 fully saturated rings. The Morgan fingerprint density at radius 2 is 1.61 bits per heavy atom. The molecule has 0 unspecified atom stereocenters. The fourth-order valence-corrected chi connectivity index (χ4v) is 1.27. The summed E-state index contributed by atoms with van der Waals surface area (Å²) < 4.78 is 10.0. The van der Waals surface area contributed by atoms with E-state index < -0.39 is 17.5 Å². The van der Waals surface area contributed by atoms with E-state index in [1.165, 1.54) is 0 Å². The Hall–Kier alpha value is -1.84. The molecule has 0 N–H and O–H groups in total. The zero-order valence-corrected chi connectivity index (χ0v) is 11.1. The Morgan fingerprint density at radius 3 is 2.11 bits per heavy atom. The summed E-state index contributed by atoms with van der Waals surface area (Å²) in [5.41, 5.74) is 0.475. The van der Waals surface area contributed by atoms with E-state index in [4.69, 9.17) is 9.47 Å². The lowest BCUT2D eigenvalue weighted by Crippen LogP contribution is -2.26. The van der Waals surface area contributed by atoms with Gasteiger partial charge in [-0.15, -0.1) is 0 Å². The highest BCUT2D eigenvalue weighted by atomic mass is 16.6. The molecule has 4 nitrogen and oxygen atoms in total. The average Bonchev–Trinajstić information content (AvgIpc) is 2.18. The topological polar surface area (TPSA) is 52.6 Å². The molecular weight excluding hydrogens is 232 g/mol. The third kappa shape index (κ3) is 5.48. The lowest BCUT2D eigenvalue weighted by molar-refractivity contribution is -0.158. The summed E-state index contributed by atoms with van der Waals surface area (Å²) in [6.07, 6.45) is -0.384. The maximum atomic E-state index is 11.5. The smallest absolute Gasteiger partial charge is 0.322 e. The lowest BCUT2D eigenvalue weighted by Gasteiger charge is -2.19. The minimum Gasteiger partial charge on any atom is -0.460 e. The monoisotopic (exact) mass is 250 g/mol. The van der Waals surface area contributed by atoms with Gasteiger partial charge < -0.3 is 9.47 Å². The summed E-state index contributed by atoms with van der Waals surface area (Å²) in [4.78, 5) is 22.9. The summed E-state index contributed by atoms with van der Waals surface area (Å²) in [7, 11) is 0. The van der Waals surface area contributed by atoms with Gasteiger partial charge in [0.25, 0.3) is 0 Å². The first-order valence-corrected chi connectivity index (χ1v) is 5.75. The maximum Gasteiger partial charge on any atom is 0.322 e. The Kier molecular flexibility index (Phi) is 4.48. The van der Waals surface area contributed by atoms with Gasteiger partial charge in [-0.25, -0.2) is 0 Å². The van der Waals surface area contributed by atoms with Crippen LogP contribution in [0.4, 0.5) is 0 Å². The number of carbonyl (C=O) groups excluding carboxylic acids is 2. The predicted octanol–water partition coefficient (Wildman–Crippen LogP) is 2.63. The van der Waals surface area contributed by atoms with Gasteiger partial charge >= 0.3 is 11.9 Å². The van der Waals surface area contributed by atoms with Gasteiger partial charge in [-0.3, -0.25) is 9.59 Å². The second-order valence-electron chi connectivity index (χ2n) is 5.05. The van der Waals surface area contributed by atoms with Gasteiger partial charge in [-0.2, -0.15) is 0 Å². The highest BCUT2D eigenvalue weighted by Gasteiger charge is 2.19.